The van der Waals surface area contributed by atoms with Crippen molar-refractivity contribution in [1.82, 2.24) is 9.55 Å². The van der Waals surface area contributed by atoms with Gasteiger partial charge in [-0.25, -0.2) is 0 Å². The van der Waals surface area contributed by atoms with Crippen molar-refractivity contribution in [2.45, 2.75) is 19.8 Å². The largest absolute Gasteiger partial charge is 0.481 e. The highest BCUT2D eigenvalue weighted by molar-refractivity contribution is 6.03. The van der Waals surface area contributed by atoms with E-state index in [1.807, 2.05) is 19.1 Å². The van der Waals surface area contributed by atoms with Gasteiger partial charge in [0.2, 0.25) is 0 Å². The normalized spacial score (nSPS) is 11.0. The Labute approximate surface area is 143 Å². The molecule has 0 bridgehead atoms. The van der Waals surface area contributed by atoms with Crippen molar-refractivity contribution in [2.75, 3.05) is 0 Å². The molecule has 0 aliphatic heterocycles. The van der Waals surface area contributed by atoms with Crippen LogP contribution in [0, 0.1) is 17.0 Å². The zero-order valence-electron chi connectivity index (χ0n) is 13.9. The summed E-state index contributed by atoms with van der Waals surface area (Å²) in [7, 11) is 1.77. The van der Waals surface area contributed by atoms with E-state index in [1.54, 1.807) is 30.1 Å². The summed E-state index contributed by atoms with van der Waals surface area (Å²) in [5.41, 5.74) is 3.91. The third kappa shape index (κ3) is 2.84. The molecule has 0 atom stereocenters. The molecule has 0 saturated carbocycles. The van der Waals surface area contributed by atoms with Gasteiger partial charge in [0, 0.05) is 43.0 Å². The highest BCUT2D eigenvalue weighted by Crippen LogP contribution is 2.39. The molecule has 25 heavy (non-hydrogen) atoms. The Hall–Kier alpha value is -3.22. The van der Waals surface area contributed by atoms with E-state index in [0.29, 0.717) is 11.9 Å². The van der Waals surface area contributed by atoms with E-state index < -0.39 is 10.9 Å². The summed E-state index contributed by atoms with van der Waals surface area (Å²) >= 11 is 0. The van der Waals surface area contributed by atoms with Crippen molar-refractivity contribution in [3.8, 4) is 11.1 Å². The van der Waals surface area contributed by atoms with Crippen molar-refractivity contribution in [3.05, 3.63) is 58.0 Å². The highest BCUT2D eigenvalue weighted by Gasteiger charge is 2.24. The first-order chi connectivity index (χ1) is 11.9. The van der Waals surface area contributed by atoms with Gasteiger partial charge in [-0.05, 0) is 48.2 Å². The molecule has 3 aromatic rings. The van der Waals surface area contributed by atoms with Crippen LogP contribution in [0.15, 0.2) is 36.7 Å². The molecule has 0 radical (unpaired) electrons. The molecular formula is C18H17N3O4. The molecule has 1 aromatic carbocycles. The van der Waals surface area contributed by atoms with E-state index in [-0.39, 0.29) is 12.1 Å². The van der Waals surface area contributed by atoms with Crippen LogP contribution in [-0.4, -0.2) is 25.6 Å². The third-order valence-electron chi connectivity index (χ3n) is 4.51. The lowest BCUT2D eigenvalue weighted by molar-refractivity contribution is -0.383. The summed E-state index contributed by atoms with van der Waals surface area (Å²) in [6.07, 6.45) is 3.61. The Balaban J connectivity index is 2.38. The molecule has 0 aliphatic rings. The standard InChI is InChI=1S/C18H17N3O4/c1-11-13(4-6-16(22)23)17-14(12-7-9-19-10-8-12)3-5-15(21(24)25)18(17)20(11)2/h3,5,7-10H,4,6H2,1-2H3,(H,22,23). The molecule has 7 nitrogen and oxygen atoms in total. The second-order valence-corrected chi connectivity index (χ2v) is 5.87. The fourth-order valence-corrected chi connectivity index (χ4v) is 3.23. The Kier molecular flexibility index (Phi) is 4.22. The van der Waals surface area contributed by atoms with Gasteiger partial charge in [0.1, 0.15) is 5.52 Å². The smallest absolute Gasteiger partial charge is 0.303 e. The molecule has 0 amide bonds. The summed E-state index contributed by atoms with van der Waals surface area (Å²) in [5, 5.41) is 21.3. The van der Waals surface area contributed by atoms with E-state index in [2.05, 4.69) is 4.98 Å². The Morgan fingerprint density at radius 2 is 1.96 bits per heavy atom. The zero-order chi connectivity index (χ0) is 18.1. The van der Waals surface area contributed by atoms with Gasteiger partial charge in [0.25, 0.3) is 5.69 Å². The van der Waals surface area contributed by atoms with E-state index in [4.69, 9.17) is 5.11 Å². The lowest BCUT2D eigenvalue weighted by Gasteiger charge is -2.07. The lowest BCUT2D eigenvalue weighted by atomic mass is 9.96. The molecular weight excluding hydrogens is 322 g/mol. The van der Waals surface area contributed by atoms with Crippen molar-refractivity contribution in [3.63, 3.8) is 0 Å². The number of pyridine rings is 1. The predicted octanol–water partition coefficient (Wildman–Crippen LogP) is 3.47. The maximum atomic E-state index is 11.5. The monoisotopic (exact) mass is 339 g/mol. The Morgan fingerprint density at radius 3 is 2.56 bits per heavy atom. The number of carbonyl (C=O) groups is 1. The first-order valence-corrected chi connectivity index (χ1v) is 7.79. The van der Waals surface area contributed by atoms with Crippen LogP contribution in [0.4, 0.5) is 5.69 Å². The number of carboxylic acids is 1. The van der Waals surface area contributed by atoms with Crippen LogP contribution in [-0.2, 0) is 18.3 Å². The highest BCUT2D eigenvalue weighted by atomic mass is 16.6. The maximum absolute atomic E-state index is 11.5. The van der Waals surface area contributed by atoms with Gasteiger partial charge in [0.15, 0.2) is 0 Å². The van der Waals surface area contributed by atoms with E-state index in [0.717, 1.165) is 27.8 Å². The number of non-ortho nitro benzene ring substituents is 1. The molecule has 2 heterocycles. The number of nitrogens with zero attached hydrogens (tertiary/aromatic N) is 3. The minimum atomic E-state index is -0.896. The fraction of sp³-hybridized carbons (Fsp3) is 0.222. The number of carboxylic acid groups (broad SMARTS) is 1. The third-order valence-corrected chi connectivity index (χ3v) is 4.51. The summed E-state index contributed by atoms with van der Waals surface area (Å²) < 4.78 is 1.77. The average molecular weight is 339 g/mol. The number of fused-ring (bicyclic) bond motifs is 1. The number of nitro benzene ring substituents is 1. The average Bonchev–Trinajstić information content (AvgIpc) is 2.84. The first kappa shape index (κ1) is 16.6. The van der Waals surface area contributed by atoms with Crippen LogP contribution < -0.4 is 0 Å². The molecule has 0 aliphatic carbocycles. The number of benzene rings is 1. The van der Waals surface area contributed by atoms with Crippen molar-refractivity contribution in [1.29, 1.82) is 0 Å². The number of aryl methyl sites for hydroxylation is 2. The van der Waals surface area contributed by atoms with E-state index in [1.165, 1.54) is 6.07 Å². The minimum absolute atomic E-state index is 0.0139. The number of rotatable bonds is 5. The molecule has 0 unspecified atom stereocenters. The van der Waals surface area contributed by atoms with Crippen LogP contribution in [0.3, 0.4) is 0 Å². The van der Waals surface area contributed by atoms with Gasteiger partial charge >= 0.3 is 5.97 Å². The van der Waals surface area contributed by atoms with E-state index in [9.17, 15) is 14.9 Å². The van der Waals surface area contributed by atoms with Crippen molar-refractivity contribution >= 4 is 22.6 Å². The van der Waals surface area contributed by atoms with Gasteiger partial charge in [0.05, 0.1) is 4.92 Å². The second kappa shape index (κ2) is 6.35. The topological polar surface area (TPSA) is 98.3 Å². The molecule has 1 N–H and O–H groups in total. The molecule has 3 rings (SSSR count). The Morgan fingerprint density at radius 1 is 1.28 bits per heavy atom. The van der Waals surface area contributed by atoms with Crippen LogP contribution in [0.2, 0.25) is 0 Å². The van der Waals surface area contributed by atoms with Crippen LogP contribution in [0.25, 0.3) is 22.0 Å². The van der Waals surface area contributed by atoms with Gasteiger partial charge < -0.3 is 9.67 Å². The van der Waals surface area contributed by atoms with Crippen molar-refractivity contribution in [2.24, 2.45) is 7.05 Å². The lowest BCUT2D eigenvalue weighted by Crippen LogP contribution is -1.99. The molecule has 7 heteroatoms. The molecule has 128 valence electrons. The molecule has 0 saturated heterocycles. The first-order valence-electron chi connectivity index (χ1n) is 7.79. The summed E-state index contributed by atoms with van der Waals surface area (Å²) in [6.45, 7) is 1.86. The minimum Gasteiger partial charge on any atom is -0.481 e. The zero-order valence-corrected chi connectivity index (χ0v) is 13.9. The fourth-order valence-electron chi connectivity index (χ4n) is 3.23. The summed E-state index contributed by atoms with van der Waals surface area (Å²) in [5.74, 6) is -0.896. The number of hydrogen-bond acceptors (Lipinski definition) is 4. The Bertz CT molecular complexity index is 977. The second-order valence-electron chi connectivity index (χ2n) is 5.87. The van der Waals surface area contributed by atoms with Gasteiger partial charge in [-0.3, -0.25) is 19.9 Å². The maximum Gasteiger partial charge on any atom is 0.303 e. The number of aliphatic carboxylic acids is 1. The number of hydrogen-bond donors (Lipinski definition) is 1. The molecule has 0 fully saturated rings. The molecule has 2 aromatic heterocycles. The number of aromatic nitrogens is 2. The SMILES string of the molecule is Cc1c(CCC(=O)O)c2c(-c3ccncc3)ccc([N+](=O)[O-])c2n1C. The van der Waals surface area contributed by atoms with Gasteiger partial charge in [-0.15, -0.1) is 0 Å². The van der Waals surface area contributed by atoms with Crippen LogP contribution in [0.1, 0.15) is 17.7 Å². The van der Waals surface area contributed by atoms with Crippen molar-refractivity contribution < 1.29 is 14.8 Å². The quantitative estimate of drug-likeness (QED) is 0.567. The van der Waals surface area contributed by atoms with Gasteiger partial charge in [-0.1, -0.05) is 0 Å². The van der Waals surface area contributed by atoms with Crippen LogP contribution >= 0.6 is 0 Å². The summed E-state index contributed by atoms with van der Waals surface area (Å²) in [6, 6.07) is 6.89. The molecule has 0 spiro atoms. The predicted molar refractivity (Wildman–Crippen MR) is 93.5 cm³/mol. The number of nitro groups is 1. The summed E-state index contributed by atoms with van der Waals surface area (Å²) in [4.78, 5) is 26.1. The van der Waals surface area contributed by atoms with E-state index >= 15 is 0 Å². The van der Waals surface area contributed by atoms with Crippen LogP contribution in [0.5, 0.6) is 0 Å². The van der Waals surface area contributed by atoms with Gasteiger partial charge in [-0.2, -0.15) is 0 Å².